The van der Waals surface area contributed by atoms with E-state index >= 15 is 0 Å². The largest absolute Gasteiger partial charge is 0.492 e. The second kappa shape index (κ2) is 9.17. The van der Waals surface area contributed by atoms with Crippen molar-refractivity contribution in [1.82, 2.24) is 4.90 Å². The maximum Gasteiger partial charge on any atom is 0.260 e. The van der Waals surface area contributed by atoms with E-state index in [4.69, 9.17) is 14.2 Å². The molecule has 3 heterocycles. The molecule has 35 heavy (non-hydrogen) atoms. The minimum absolute atomic E-state index is 0.300. The lowest BCUT2D eigenvalue weighted by Crippen LogP contribution is -2.38. The van der Waals surface area contributed by atoms with Gasteiger partial charge in [-0.05, 0) is 42.0 Å². The molecule has 0 radical (unpaired) electrons. The van der Waals surface area contributed by atoms with Gasteiger partial charge in [-0.2, -0.15) is 0 Å². The van der Waals surface area contributed by atoms with Gasteiger partial charge in [0.1, 0.15) is 30.0 Å². The Morgan fingerprint density at radius 1 is 1.00 bits per heavy atom. The number of hydrogen-bond acceptors (Lipinski definition) is 5. The highest BCUT2D eigenvalue weighted by molar-refractivity contribution is 6.36. The number of ether oxygens (including phenoxy) is 3. The Balaban J connectivity index is 1.36. The molecule has 1 N–H and O–H groups in total. The van der Waals surface area contributed by atoms with E-state index in [0.29, 0.717) is 29.2 Å². The molecule has 1 unspecified atom stereocenters. The van der Waals surface area contributed by atoms with E-state index < -0.39 is 11.9 Å². The molecule has 3 aromatic rings. The van der Waals surface area contributed by atoms with Crippen molar-refractivity contribution in [3.05, 3.63) is 94.8 Å². The van der Waals surface area contributed by atoms with Crippen LogP contribution in [0.3, 0.4) is 0 Å². The van der Waals surface area contributed by atoms with Crippen molar-refractivity contribution >= 4 is 22.9 Å². The van der Waals surface area contributed by atoms with Crippen molar-refractivity contribution in [3.8, 4) is 5.75 Å². The van der Waals surface area contributed by atoms with Gasteiger partial charge in [0.2, 0.25) is 0 Å². The second-order valence-electron chi connectivity index (χ2n) is 8.81. The highest BCUT2D eigenvalue weighted by Gasteiger charge is 2.37. The number of anilines is 1. The Labute approximate surface area is 202 Å². The van der Waals surface area contributed by atoms with E-state index in [1.54, 1.807) is 6.07 Å². The number of amides is 1. The fraction of sp³-hybridized carbons (Fsp3) is 0.250. The summed E-state index contributed by atoms with van der Waals surface area (Å²) in [5.74, 6) is 0.497. The lowest BCUT2D eigenvalue weighted by atomic mass is 9.96. The number of nitrogens with one attached hydrogen (secondary N) is 1. The van der Waals surface area contributed by atoms with Crippen molar-refractivity contribution in [1.29, 1.82) is 0 Å². The standard InChI is InChI=1S/C28H25FN2O4/c29-19-6-9-24-23(16-19)25(28(32)30-24)27-21-8-7-20(34-15-12-31-10-13-33-14-11-31)17-22(21)26(35-27)18-4-2-1-3-5-18/h1-9,16-17,26H,10-15H2,(H,30,32). The molecule has 1 amide bonds. The number of benzene rings is 3. The maximum absolute atomic E-state index is 14.1. The van der Waals surface area contributed by atoms with Crippen LogP contribution in [-0.2, 0) is 14.3 Å². The van der Waals surface area contributed by atoms with E-state index in [9.17, 15) is 9.18 Å². The molecule has 0 bridgehead atoms. The summed E-state index contributed by atoms with van der Waals surface area (Å²) >= 11 is 0. The van der Waals surface area contributed by atoms with Crippen LogP contribution in [-0.4, -0.2) is 50.3 Å². The number of hydrogen-bond donors (Lipinski definition) is 1. The van der Waals surface area contributed by atoms with Gasteiger partial charge in [-0.25, -0.2) is 4.39 Å². The smallest absolute Gasteiger partial charge is 0.260 e. The SMILES string of the molecule is O=C1Nc2ccc(F)cc2C1=C1OC(c2ccccc2)c2cc(OCCN3CCOCC3)ccc21. The third-order valence-corrected chi connectivity index (χ3v) is 6.62. The molecule has 0 saturated carbocycles. The summed E-state index contributed by atoms with van der Waals surface area (Å²) in [6.45, 7) is 4.74. The summed E-state index contributed by atoms with van der Waals surface area (Å²) in [6.07, 6.45) is -0.401. The van der Waals surface area contributed by atoms with Gasteiger partial charge >= 0.3 is 0 Å². The molecule has 3 aliphatic heterocycles. The molecule has 1 saturated heterocycles. The normalized spacial score (nSPS) is 21.3. The van der Waals surface area contributed by atoms with Gasteiger partial charge in [-0.1, -0.05) is 30.3 Å². The molecule has 6 rings (SSSR count). The number of morpholine rings is 1. The summed E-state index contributed by atoms with van der Waals surface area (Å²) in [6, 6.07) is 20.0. The van der Waals surface area contributed by atoms with Gasteiger partial charge < -0.3 is 19.5 Å². The van der Waals surface area contributed by atoms with Crippen LogP contribution in [0.1, 0.15) is 28.4 Å². The van der Waals surface area contributed by atoms with Crippen LogP contribution < -0.4 is 10.1 Å². The molecule has 1 atom stereocenters. The first-order valence-electron chi connectivity index (χ1n) is 11.8. The average Bonchev–Trinajstić information content (AvgIpc) is 3.41. The molecule has 0 aromatic heterocycles. The lowest BCUT2D eigenvalue weighted by molar-refractivity contribution is -0.110. The molecule has 3 aliphatic rings. The summed E-state index contributed by atoms with van der Waals surface area (Å²) in [4.78, 5) is 15.3. The summed E-state index contributed by atoms with van der Waals surface area (Å²) in [5.41, 5.74) is 4.13. The second-order valence-corrected chi connectivity index (χ2v) is 8.81. The number of halogens is 1. The van der Waals surface area contributed by atoms with Gasteiger partial charge in [0, 0.05) is 42.0 Å². The minimum atomic E-state index is -0.403. The highest BCUT2D eigenvalue weighted by Crippen LogP contribution is 2.48. The zero-order chi connectivity index (χ0) is 23.8. The Hall–Kier alpha value is -3.68. The number of nitrogens with zero attached hydrogens (tertiary/aromatic N) is 1. The van der Waals surface area contributed by atoms with Gasteiger partial charge in [0.15, 0.2) is 0 Å². The first kappa shape index (κ1) is 21.8. The molecule has 0 spiro atoms. The van der Waals surface area contributed by atoms with Crippen LogP contribution >= 0.6 is 0 Å². The van der Waals surface area contributed by atoms with Gasteiger partial charge in [-0.3, -0.25) is 9.69 Å². The average molecular weight is 473 g/mol. The molecular formula is C28H25FN2O4. The fourth-order valence-corrected chi connectivity index (χ4v) is 4.85. The van der Waals surface area contributed by atoms with Crippen LogP contribution in [0.5, 0.6) is 5.75 Å². The minimum Gasteiger partial charge on any atom is -0.492 e. The van der Waals surface area contributed by atoms with Crippen LogP contribution in [0.2, 0.25) is 0 Å². The zero-order valence-corrected chi connectivity index (χ0v) is 19.1. The van der Waals surface area contributed by atoms with Gasteiger partial charge in [0.25, 0.3) is 5.91 Å². The van der Waals surface area contributed by atoms with E-state index in [2.05, 4.69) is 10.2 Å². The molecule has 3 aromatic carbocycles. The lowest BCUT2D eigenvalue weighted by Gasteiger charge is -2.26. The Morgan fingerprint density at radius 3 is 2.66 bits per heavy atom. The van der Waals surface area contributed by atoms with Crippen LogP contribution in [0, 0.1) is 5.82 Å². The third-order valence-electron chi connectivity index (χ3n) is 6.62. The van der Waals surface area contributed by atoms with E-state index in [-0.39, 0.29) is 5.91 Å². The van der Waals surface area contributed by atoms with E-state index in [0.717, 1.165) is 55.3 Å². The van der Waals surface area contributed by atoms with Gasteiger partial charge in [0.05, 0.1) is 18.8 Å². The molecule has 6 nitrogen and oxygen atoms in total. The Morgan fingerprint density at radius 2 is 1.83 bits per heavy atom. The summed E-state index contributed by atoms with van der Waals surface area (Å²) in [7, 11) is 0. The van der Waals surface area contributed by atoms with Crippen LogP contribution in [0.15, 0.2) is 66.7 Å². The third kappa shape index (κ3) is 4.17. The van der Waals surface area contributed by atoms with Gasteiger partial charge in [-0.15, -0.1) is 0 Å². The molecular weight excluding hydrogens is 447 g/mol. The molecule has 1 fully saturated rings. The van der Waals surface area contributed by atoms with Crippen LogP contribution in [0.25, 0.3) is 11.3 Å². The van der Waals surface area contributed by atoms with Crippen molar-refractivity contribution < 1.29 is 23.4 Å². The quantitative estimate of drug-likeness (QED) is 0.555. The Kier molecular flexibility index (Phi) is 5.72. The summed E-state index contributed by atoms with van der Waals surface area (Å²) < 4.78 is 32.0. The van der Waals surface area contributed by atoms with Crippen molar-refractivity contribution in [2.75, 3.05) is 44.8 Å². The monoisotopic (exact) mass is 472 g/mol. The predicted octanol–water partition coefficient (Wildman–Crippen LogP) is 4.48. The number of rotatable bonds is 5. The van der Waals surface area contributed by atoms with Crippen LogP contribution in [0.4, 0.5) is 10.1 Å². The van der Waals surface area contributed by atoms with E-state index in [1.807, 2.05) is 48.5 Å². The number of fused-ring (bicyclic) bond motifs is 2. The molecule has 178 valence electrons. The van der Waals surface area contributed by atoms with Crippen molar-refractivity contribution in [3.63, 3.8) is 0 Å². The predicted molar refractivity (Wildman–Crippen MR) is 130 cm³/mol. The number of carbonyl (C=O) groups is 1. The van der Waals surface area contributed by atoms with Crippen molar-refractivity contribution in [2.24, 2.45) is 0 Å². The summed E-state index contributed by atoms with van der Waals surface area (Å²) in [5, 5.41) is 2.83. The first-order valence-corrected chi connectivity index (χ1v) is 11.8. The number of carbonyl (C=O) groups excluding carboxylic acids is 1. The first-order chi connectivity index (χ1) is 17.2. The fourth-order valence-electron chi connectivity index (χ4n) is 4.85. The topological polar surface area (TPSA) is 60.0 Å². The highest BCUT2D eigenvalue weighted by atomic mass is 19.1. The zero-order valence-electron chi connectivity index (χ0n) is 19.1. The van der Waals surface area contributed by atoms with E-state index in [1.165, 1.54) is 12.1 Å². The molecule has 7 heteroatoms. The maximum atomic E-state index is 14.1. The molecule has 0 aliphatic carbocycles. The van der Waals surface area contributed by atoms with Crippen molar-refractivity contribution in [2.45, 2.75) is 6.10 Å². The Bertz CT molecular complexity index is 1300.